The van der Waals surface area contributed by atoms with Gasteiger partial charge >= 0.3 is 0 Å². The second kappa shape index (κ2) is 3.55. The number of ketones is 2. The summed E-state index contributed by atoms with van der Waals surface area (Å²) in [6.45, 7) is 0. The zero-order valence-electron chi connectivity index (χ0n) is 9.00. The molecule has 0 aromatic rings. The molecule has 0 aromatic heterocycles. The third-order valence-electron chi connectivity index (χ3n) is 3.95. The lowest BCUT2D eigenvalue weighted by atomic mass is 9.62. The maximum Gasteiger partial charge on any atom is 0.159 e. The van der Waals surface area contributed by atoms with Crippen molar-refractivity contribution >= 4 is 11.6 Å². The highest BCUT2D eigenvalue weighted by Gasteiger charge is 2.44. The Labute approximate surface area is 94.7 Å². The number of carbonyl (C=O) groups excluding carboxylic acids is 2. The molecule has 0 fully saturated rings. The van der Waals surface area contributed by atoms with E-state index in [-0.39, 0.29) is 35.2 Å². The van der Waals surface area contributed by atoms with Crippen molar-refractivity contribution in [1.29, 1.82) is 0 Å². The molecule has 3 aliphatic carbocycles. The van der Waals surface area contributed by atoms with Gasteiger partial charge in [0, 0.05) is 11.8 Å². The van der Waals surface area contributed by atoms with Crippen LogP contribution < -0.4 is 0 Å². The molecular formula is C14H14O2. The van der Waals surface area contributed by atoms with E-state index < -0.39 is 0 Å². The lowest BCUT2D eigenvalue weighted by Crippen LogP contribution is -2.42. The highest BCUT2D eigenvalue weighted by molar-refractivity contribution is 6.01. The van der Waals surface area contributed by atoms with Crippen molar-refractivity contribution in [2.45, 2.75) is 12.8 Å². The molecule has 0 saturated heterocycles. The van der Waals surface area contributed by atoms with Crippen LogP contribution in [-0.2, 0) is 9.59 Å². The van der Waals surface area contributed by atoms with E-state index >= 15 is 0 Å². The van der Waals surface area contributed by atoms with Crippen LogP contribution in [0.5, 0.6) is 0 Å². The van der Waals surface area contributed by atoms with Gasteiger partial charge in [-0.1, -0.05) is 24.3 Å². The van der Waals surface area contributed by atoms with Crippen LogP contribution in [0, 0.1) is 23.7 Å². The van der Waals surface area contributed by atoms with E-state index in [9.17, 15) is 9.59 Å². The summed E-state index contributed by atoms with van der Waals surface area (Å²) in [6.07, 6.45) is 13.2. The van der Waals surface area contributed by atoms with Crippen molar-refractivity contribution in [1.82, 2.24) is 0 Å². The van der Waals surface area contributed by atoms with E-state index in [1.54, 1.807) is 12.2 Å². The van der Waals surface area contributed by atoms with Crippen molar-refractivity contribution in [3.8, 4) is 0 Å². The second-order valence-corrected chi connectivity index (χ2v) is 4.85. The third kappa shape index (κ3) is 1.33. The molecule has 16 heavy (non-hydrogen) atoms. The van der Waals surface area contributed by atoms with Gasteiger partial charge in [0.15, 0.2) is 11.6 Å². The van der Waals surface area contributed by atoms with E-state index in [1.165, 1.54) is 0 Å². The maximum absolute atomic E-state index is 11.9. The highest BCUT2D eigenvalue weighted by atomic mass is 16.1. The minimum Gasteiger partial charge on any atom is -0.295 e. The number of carbonyl (C=O) groups is 2. The standard InChI is InChI=1S/C14H14O2/c15-11-5-1-3-9-7-8-10-4-2-6-12(16)14(10)13(9)11/h1-2,5-10,13-14H,3-4H2/t9-,10-,13-,14+/m0/s1. The maximum atomic E-state index is 11.9. The van der Waals surface area contributed by atoms with Gasteiger partial charge in [-0.05, 0) is 36.8 Å². The van der Waals surface area contributed by atoms with Crippen molar-refractivity contribution in [2.75, 3.05) is 0 Å². The summed E-state index contributed by atoms with van der Waals surface area (Å²) >= 11 is 0. The first-order chi connectivity index (χ1) is 7.77. The summed E-state index contributed by atoms with van der Waals surface area (Å²) < 4.78 is 0. The molecule has 0 saturated carbocycles. The van der Waals surface area contributed by atoms with E-state index in [4.69, 9.17) is 0 Å². The fraction of sp³-hybridized carbons (Fsp3) is 0.429. The van der Waals surface area contributed by atoms with Crippen molar-refractivity contribution in [2.24, 2.45) is 23.7 Å². The molecule has 0 aliphatic heterocycles. The van der Waals surface area contributed by atoms with Gasteiger partial charge in [-0.3, -0.25) is 9.59 Å². The number of fused-ring (bicyclic) bond motifs is 3. The van der Waals surface area contributed by atoms with Gasteiger partial charge in [0.1, 0.15) is 0 Å². The summed E-state index contributed by atoms with van der Waals surface area (Å²) in [5.74, 6) is 0.566. The van der Waals surface area contributed by atoms with Gasteiger partial charge in [-0.25, -0.2) is 0 Å². The minimum absolute atomic E-state index is 0.0996. The summed E-state index contributed by atoms with van der Waals surface area (Å²) in [6, 6.07) is 0. The molecule has 0 unspecified atom stereocenters. The van der Waals surface area contributed by atoms with Crippen LogP contribution in [0.3, 0.4) is 0 Å². The summed E-state index contributed by atoms with van der Waals surface area (Å²) in [5, 5.41) is 0. The van der Waals surface area contributed by atoms with E-state index in [0.29, 0.717) is 0 Å². The van der Waals surface area contributed by atoms with E-state index in [2.05, 4.69) is 12.2 Å². The van der Waals surface area contributed by atoms with Crippen LogP contribution >= 0.6 is 0 Å². The first kappa shape index (κ1) is 9.76. The number of rotatable bonds is 0. The van der Waals surface area contributed by atoms with Gasteiger partial charge in [-0.2, -0.15) is 0 Å². The smallest absolute Gasteiger partial charge is 0.159 e. The average molecular weight is 214 g/mol. The predicted molar refractivity (Wildman–Crippen MR) is 60.6 cm³/mol. The molecule has 0 heterocycles. The second-order valence-electron chi connectivity index (χ2n) is 4.85. The topological polar surface area (TPSA) is 34.1 Å². The Balaban J connectivity index is 2.03. The molecule has 2 nitrogen and oxygen atoms in total. The zero-order valence-corrected chi connectivity index (χ0v) is 9.00. The summed E-state index contributed by atoms with van der Waals surface area (Å²) in [7, 11) is 0. The molecule has 0 radical (unpaired) electrons. The lowest BCUT2D eigenvalue weighted by Gasteiger charge is -2.39. The lowest BCUT2D eigenvalue weighted by molar-refractivity contribution is -0.131. The van der Waals surface area contributed by atoms with Gasteiger partial charge < -0.3 is 0 Å². The first-order valence-corrected chi connectivity index (χ1v) is 5.86. The normalized spacial score (nSPS) is 40.8. The fourth-order valence-corrected chi connectivity index (χ4v) is 3.19. The molecule has 2 heteroatoms. The van der Waals surface area contributed by atoms with Crippen molar-refractivity contribution in [3.05, 3.63) is 36.5 Å². The molecule has 0 spiro atoms. The number of allylic oxidation sites excluding steroid dienone is 6. The molecule has 4 atom stereocenters. The van der Waals surface area contributed by atoms with Crippen LogP contribution in [0.25, 0.3) is 0 Å². The Morgan fingerprint density at radius 2 is 1.25 bits per heavy atom. The van der Waals surface area contributed by atoms with E-state index in [0.717, 1.165) is 12.8 Å². The predicted octanol–water partition coefficient (Wildman–Crippen LogP) is 2.08. The third-order valence-corrected chi connectivity index (χ3v) is 3.95. The Hall–Kier alpha value is -1.44. The van der Waals surface area contributed by atoms with Gasteiger partial charge in [0.2, 0.25) is 0 Å². The Morgan fingerprint density at radius 1 is 0.812 bits per heavy atom. The van der Waals surface area contributed by atoms with Crippen LogP contribution in [0.1, 0.15) is 12.8 Å². The van der Waals surface area contributed by atoms with Crippen LogP contribution in [0.15, 0.2) is 36.5 Å². The molecule has 3 aliphatic rings. The van der Waals surface area contributed by atoms with Crippen molar-refractivity contribution < 1.29 is 9.59 Å². The largest absolute Gasteiger partial charge is 0.295 e. The zero-order chi connectivity index (χ0) is 11.1. The quantitative estimate of drug-likeness (QED) is 0.578. The minimum atomic E-state index is -0.0996. The van der Waals surface area contributed by atoms with E-state index in [1.807, 2.05) is 12.2 Å². The molecule has 0 amide bonds. The summed E-state index contributed by atoms with van der Waals surface area (Å²) in [5.41, 5.74) is 0. The Morgan fingerprint density at radius 3 is 1.69 bits per heavy atom. The summed E-state index contributed by atoms with van der Waals surface area (Å²) in [4.78, 5) is 23.9. The monoisotopic (exact) mass is 214 g/mol. The molecule has 0 aromatic carbocycles. The SMILES string of the molecule is O=C1C=CC[C@H]2C=C[C@@H]3CC=CC(=O)[C@H]3[C@@H]12. The molecular weight excluding hydrogens is 200 g/mol. The highest BCUT2D eigenvalue weighted by Crippen LogP contribution is 2.42. The number of hydrogen-bond donors (Lipinski definition) is 0. The average Bonchev–Trinajstić information content (AvgIpc) is 2.29. The van der Waals surface area contributed by atoms with Crippen LogP contribution in [0.2, 0.25) is 0 Å². The molecule has 82 valence electrons. The Bertz CT molecular complexity index is 388. The van der Waals surface area contributed by atoms with Crippen LogP contribution in [0.4, 0.5) is 0 Å². The number of hydrogen-bond acceptors (Lipinski definition) is 2. The van der Waals surface area contributed by atoms with Crippen molar-refractivity contribution in [3.63, 3.8) is 0 Å². The first-order valence-electron chi connectivity index (χ1n) is 5.86. The van der Waals surface area contributed by atoms with Gasteiger partial charge in [0.25, 0.3) is 0 Å². The molecule has 0 bridgehead atoms. The van der Waals surface area contributed by atoms with Gasteiger partial charge in [0.05, 0.1) is 0 Å². The van der Waals surface area contributed by atoms with Crippen LogP contribution in [-0.4, -0.2) is 11.6 Å². The molecule has 0 N–H and O–H groups in total. The Kier molecular flexibility index (Phi) is 2.16. The fourth-order valence-electron chi connectivity index (χ4n) is 3.19. The van der Waals surface area contributed by atoms with Gasteiger partial charge in [-0.15, -0.1) is 0 Å². The molecule has 3 rings (SSSR count).